The van der Waals surface area contributed by atoms with Gasteiger partial charge in [-0.25, -0.2) is 32.3 Å². The largest absolute Gasteiger partial charge is 0.463 e. The summed E-state index contributed by atoms with van der Waals surface area (Å²) in [7, 11) is 1.03. The molecule has 3 aromatic rings. The van der Waals surface area contributed by atoms with Gasteiger partial charge in [-0.1, -0.05) is 11.6 Å². The van der Waals surface area contributed by atoms with Crippen LogP contribution in [0.4, 0.5) is 13.2 Å². The molecule has 0 amide bonds. The minimum absolute atomic E-state index is 0.0369. The summed E-state index contributed by atoms with van der Waals surface area (Å²) in [5.41, 5.74) is -3.83. The van der Waals surface area contributed by atoms with Crippen molar-refractivity contribution < 1.29 is 36.9 Å². The zero-order valence-corrected chi connectivity index (χ0v) is 21.5. The van der Waals surface area contributed by atoms with Gasteiger partial charge < -0.3 is 18.9 Å². The molecule has 14 heteroatoms. The fourth-order valence-corrected chi connectivity index (χ4v) is 4.04. The molecule has 1 saturated heterocycles. The molecule has 0 spiro atoms. The second-order valence-electron chi connectivity index (χ2n) is 8.68. The summed E-state index contributed by atoms with van der Waals surface area (Å²) in [6.07, 6.45) is 2.90. The Morgan fingerprint density at radius 1 is 1.26 bits per heavy atom. The first-order valence-corrected chi connectivity index (χ1v) is 12.1. The van der Waals surface area contributed by atoms with Crippen LogP contribution in [0.2, 0.25) is 5.02 Å². The molecule has 0 saturated carbocycles. The molecular formula is C25H23ClF3N3O7. The summed E-state index contributed by atoms with van der Waals surface area (Å²) < 4.78 is 65.1. The molecule has 1 atom stereocenters. The molecular weight excluding hydrogens is 547 g/mol. The number of aromatic nitrogens is 3. The first kappa shape index (κ1) is 28.2. The number of halogens is 4. The molecule has 0 radical (unpaired) electrons. The zero-order valence-electron chi connectivity index (χ0n) is 20.8. The van der Waals surface area contributed by atoms with Crippen molar-refractivity contribution in [2.45, 2.75) is 31.8 Å². The van der Waals surface area contributed by atoms with Crippen LogP contribution in [0.5, 0.6) is 17.4 Å². The molecule has 0 N–H and O–H groups in total. The minimum Gasteiger partial charge on any atom is -0.463 e. The highest BCUT2D eigenvalue weighted by Gasteiger charge is 2.30. The predicted molar refractivity (Wildman–Crippen MR) is 132 cm³/mol. The smallest absolute Gasteiger partial charge is 0.344 e. The monoisotopic (exact) mass is 569 g/mol. The summed E-state index contributed by atoms with van der Waals surface area (Å²) in [6.45, 7) is 0.738. The maximum atomic E-state index is 14.9. The molecule has 1 fully saturated rings. The molecule has 10 nitrogen and oxygen atoms in total. The average molecular weight is 570 g/mol. The van der Waals surface area contributed by atoms with E-state index in [-0.39, 0.29) is 35.1 Å². The predicted octanol–water partition coefficient (Wildman–Crippen LogP) is 3.73. The Bertz CT molecular complexity index is 1500. The van der Waals surface area contributed by atoms with E-state index in [1.807, 2.05) is 0 Å². The van der Waals surface area contributed by atoms with Crippen LogP contribution in [0.25, 0.3) is 5.69 Å². The molecule has 1 unspecified atom stereocenters. The van der Waals surface area contributed by atoms with E-state index in [0.29, 0.717) is 28.7 Å². The summed E-state index contributed by atoms with van der Waals surface area (Å²) in [6, 6.07) is 5.19. The van der Waals surface area contributed by atoms with Crippen molar-refractivity contribution in [3.63, 3.8) is 0 Å². The number of rotatable bonds is 9. The van der Waals surface area contributed by atoms with Crippen LogP contribution in [-0.4, -0.2) is 46.0 Å². The van der Waals surface area contributed by atoms with Crippen molar-refractivity contribution in [1.82, 2.24) is 14.1 Å². The van der Waals surface area contributed by atoms with Gasteiger partial charge in [0.1, 0.15) is 18.2 Å². The minimum atomic E-state index is -3.49. The number of hydrogen-bond donors (Lipinski definition) is 0. The van der Waals surface area contributed by atoms with E-state index in [0.717, 1.165) is 32.0 Å². The number of esters is 1. The van der Waals surface area contributed by atoms with Gasteiger partial charge in [0, 0.05) is 38.9 Å². The number of hydrogen-bond acceptors (Lipinski definition) is 8. The lowest BCUT2D eigenvalue weighted by molar-refractivity contribution is -0.149. The summed E-state index contributed by atoms with van der Waals surface area (Å²) in [5.74, 6) is -5.63. The van der Waals surface area contributed by atoms with E-state index in [2.05, 4.69) is 4.98 Å². The van der Waals surface area contributed by atoms with E-state index in [9.17, 15) is 27.6 Å². The molecule has 3 heterocycles. The van der Waals surface area contributed by atoms with Crippen LogP contribution in [-0.2, 0) is 27.2 Å². The van der Waals surface area contributed by atoms with Gasteiger partial charge in [-0.2, -0.15) is 0 Å². The van der Waals surface area contributed by atoms with Crippen LogP contribution in [0.15, 0.2) is 46.1 Å². The molecule has 1 aliphatic rings. The Labute approximate surface area is 224 Å². The first-order valence-electron chi connectivity index (χ1n) is 11.7. The lowest BCUT2D eigenvalue weighted by Crippen LogP contribution is -2.41. The van der Waals surface area contributed by atoms with E-state index in [1.54, 1.807) is 0 Å². The lowest BCUT2D eigenvalue weighted by Gasteiger charge is -2.17. The van der Waals surface area contributed by atoms with Crippen LogP contribution < -0.4 is 20.7 Å². The van der Waals surface area contributed by atoms with Gasteiger partial charge in [-0.05, 0) is 31.0 Å². The molecule has 1 aromatic carbocycles. The number of ether oxygens (including phenoxy) is 4. The third-order valence-corrected chi connectivity index (χ3v) is 6.04. The van der Waals surface area contributed by atoms with Gasteiger partial charge in [0.05, 0.1) is 22.5 Å². The zero-order chi connectivity index (χ0) is 28.3. The Morgan fingerprint density at radius 3 is 2.72 bits per heavy atom. The maximum Gasteiger partial charge on any atom is 0.344 e. The van der Waals surface area contributed by atoms with Crippen molar-refractivity contribution in [3.05, 3.63) is 73.9 Å². The van der Waals surface area contributed by atoms with E-state index >= 15 is 0 Å². The highest BCUT2D eigenvalue weighted by molar-refractivity contribution is 6.32. The highest BCUT2D eigenvalue weighted by atomic mass is 35.5. The van der Waals surface area contributed by atoms with E-state index in [1.165, 1.54) is 18.3 Å². The molecule has 208 valence electrons. The normalized spacial score (nSPS) is 15.3. The average Bonchev–Trinajstić information content (AvgIpc) is 3.40. The number of carbonyl (C=O) groups is 1. The fourth-order valence-electron chi connectivity index (χ4n) is 3.85. The number of benzene rings is 1. The Morgan fingerprint density at radius 2 is 2.03 bits per heavy atom. The number of pyridine rings is 1. The van der Waals surface area contributed by atoms with Gasteiger partial charge in [0.25, 0.3) is 17.4 Å². The summed E-state index contributed by atoms with van der Waals surface area (Å²) in [4.78, 5) is 41.5. The van der Waals surface area contributed by atoms with E-state index in [4.69, 9.17) is 30.5 Å². The molecule has 4 rings (SSSR count). The highest BCUT2D eigenvalue weighted by Crippen LogP contribution is 2.36. The second-order valence-corrected chi connectivity index (χ2v) is 9.09. The van der Waals surface area contributed by atoms with Gasteiger partial charge in [-0.3, -0.25) is 9.36 Å². The first-order chi connectivity index (χ1) is 18.5. The quantitative estimate of drug-likeness (QED) is 0.359. The van der Waals surface area contributed by atoms with Crippen LogP contribution in [0.3, 0.4) is 0 Å². The van der Waals surface area contributed by atoms with Gasteiger partial charge >= 0.3 is 11.7 Å². The van der Waals surface area contributed by atoms with Crippen molar-refractivity contribution in [2.75, 3.05) is 19.8 Å². The van der Waals surface area contributed by atoms with Gasteiger partial charge in [-0.15, -0.1) is 0 Å². The fraction of sp³-hybridized carbons (Fsp3) is 0.360. The molecule has 39 heavy (non-hydrogen) atoms. The van der Waals surface area contributed by atoms with Crippen LogP contribution in [0.1, 0.15) is 25.5 Å². The van der Waals surface area contributed by atoms with Crippen LogP contribution in [0, 0.1) is 5.82 Å². The SMILES string of the molecule is Cn1c(C(C)(F)F)cc(=O)n(-c2cc(Oc3cccnc3OCC(=O)OCC3CCCO3)c(Cl)cc2F)c1=O. The lowest BCUT2D eigenvalue weighted by atomic mass is 10.2. The van der Waals surface area contributed by atoms with Crippen molar-refractivity contribution >= 4 is 17.6 Å². The third-order valence-electron chi connectivity index (χ3n) is 5.75. The van der Waals surface area contributed by atoms with E-state index < -0.39 is 46.9 Å². The number of alkyl halides is 2. The Balaban J connectivity index is 1.59. The Kier molecular flexibility index (Phi) is 8.31. The summed E-state index contributed by atoms with van der Waals surface area (Å²) >= 11 is 6.14. The number of carbonyl (C=O) groups excluding carboxylic acids is 1. The second kappa shape index (κ2) is 11.5. The van der Waals surface area contributed by atoms with Gasteiger partial charge in [0.15, 0.2) is 12.4 Å². The molecule has 1 aliphatic heterocycles. The van der Waals surface area contributed by atoms with Crippen molar-refractivity contribution in [1.29, 1.82) is 0 Å². The molecule has 0 aliphatic carbocycles. The molecule has 0 bridgehead atoms. The third kappa shape index (κ3) is 6.42. The Hall–Kier alpha value is -3.84. The van der Waals surface area contributed by atoms with Gasteiger partial charge in [0.2, 0.25) is 0 Å². The standard InChI is InChI=1S/C25H23ClF3N3O7/c1-25(28,29)20-11-21(33)32(24(35)31(20)2)17-10-19(15(26)9-16(17)27)39-18-6-3-7-30-23(18)38-13-22(34)37-12-14-5-4-8-36-14/h3,6-7,9-11,14H,4-5,8,12-13H2,1-2H3. The maximum absolute atomic E-state index is 14.9. The summed E-state index contributed by atoms with van der Waals surface area (Å²) in [5, 5.41) is -0.247. The van der Waals surface area contributed by atoms with Crippen molar-refractivity contribution in [3.8, 4) is 23.1 Å². The number of nitrogens with zero attached hydrogens (tertiary/aromatic N) is 3. The van der Waals surface area contributed by atoms with Crippen molar-refractivity contribution in [2.24, 2.45) is 7.05 Å². The van der Waals surface area contributed by atoms with Crippen LogP contribution >= 0.6 is 11.6 Å². The molecule has 2 aromatic heterocycles. The topological polar surface area (TPSA) is 111 Å².